The van der Waals surface area contributed by atoms with E-state index in [1.165, 1.54) is 4.90 Å². The molecule has 21 heavy (non-hydrogen) atoms. The smallest absolute Gasteiger partial charge is 0.368 e. The average molecular weight is 304 g/mol. The maximum atomic E-state index is 12.8. The fourth-order valence-electron chi connectivity index (χ4n) is 1.84. The lowest BCUT2D eigenvalue weighted by Crippen LogP contribution is -2.39. The van der Waals surface area contributed by atoms with Crippen molar-refractivity contribution in [1.82, 2.24) is 0 Å². The molecule has 0 aliphatic carbocycles. The molecule has 116 valence electrons. The number of primary amides is 2. The second kappa shape index (κ2) is 6.44. The molecule has 0 unspecified atom stereocenters. The van der Waals surface area contributed by atoms with Crippen LogP contribution in [0.15, 0.2) is 18.2 Å². The molecule has 0 fully saturated rings. The van der Waals surface area contributed by atoms with Gasteiger partial charge in [-0.2, -0.15) is 13.2 Å². The zero-order valence-electron chi connectivity index (χ0n) is 11.0. The molecule has 0 bridgehead atoms. The third-order valence-electron chi connectivity index (χ3n) is 2.67. The molecule has 0 heterocycles. The van der Waals surface area contributed by atoms with Crippen LogP contribution in [0.5, 0.6) is 0 Å². The summed E-state index contributed by atoms with van der Waals surface area (Å²) in [5.74, 6) is -1.49. The number of amides is 2. The molecule has 9 heteroatoms. The van der Waals surface area contributed by atoms with Crippen molar-refractivity contribution in [1.29, 1.82) is 0 Å². The largest absolute Gasteiger partial charge is 0.416 e. The first-order valence-corrected chi connectivity index (χ1v) is 5.87. The van der Waals surface area contributed by atoms with Gasteiger partial charge in [-0.05, 0) is 23.8 Å². The summed E-state index contributed by atoms with van der Waals surface area (Å²) in [7, 11) is 0. The lowest BCUT2D eigenvalue weighted by molar-refractivity contribution is -0.138. The van der Waals surface area contributed by atoms with Gasteiger partial charge in [0.15, 0.2) is 0 Å². The van der Waals surface area contributed by atoms with E-state index in [1.54, 1.807) is 0 Å². The number of benzene rings is 1. The van der Waals surface area contributed by atoms with E-state index in [0.29, 0.717) is 0 Å². The van der Waals surface area contributed by atoms with E-state index in [1.807, 2.05) is 0 Å². The number of halogens is 3. The van der Waals surface area contributed by atoms with Crippen LogP contribution >= 0.6 is 0 Å². The monoisotopic (exact) mass is 304 g/mol. The summed E-state index contributed by atoms with van der Waals surface area (Å²) in [5.41, 5.74) is 14.6. The summed E-state index contributed by atoms with van der Waals surface area (Å²) < 4.78 is 38.3. The Bertz CT molecular complexity index is 530. The predicted molar refractivity (Wildman–Crippen MR) is 69.9 cm³/mol. The van der Waals surface area contributed by atoms with E-state index in [9.17, 15) is 22.8 Å². The normalized spacial score (nSPS) is 11.2. The third-order valence-corrected chi connectivity index (χ3v) is 2.67. The van der Waals surface area contributed by atoms with Crippen molar-refractivity contribution in [3.05, 3.63) is 29.3 Å². The van der Waals surface area contributed by atoms with E-state index >= 15 is 0 Å². The molecule has 6 nitrogen and oxygen atoms in total. The topological polar surface area (TPSA) is 115 Å². The lowest BCUT2D eigenvalue weighted by Gasteiger charge is -2.23. The highest BCUT2D eigenvalue weighted by molar-refractivity contribution is 5.84. The van der Waals surface area contributed by atoms with Gasteiger partial charge in [0, 0.05) is 12.2 Å². The van der Waals surface area contributed by atoms with Crippen LogP contribution in [0.1, 0.15) is 11.1 Å². The zero-order chi connectivity index (χ0) is 16.2. The van der Waals surface area contributed by atoms with Gasteiger partial charge in [-0.1, -0.05) is 0 Å². The predicted octanol–water partition coefficient (Wildman–Crippen LogP) is -0.0589. The number of carbonyl (C=O) groups excluding carboxylic acids is 2. The van der Waals surface area contributed by atoms with Gasteiger partial charge in [0.1, 0.15) is 0 Å². The highest BCUT2D eigenvalue weighted by Crippen LogP contribution is 2.33. The van der Waals surface area contributed by atoms with Gasteiger partial charge in [-0.15, -0.1) is 0 Å². The Morgan fingerprint density at radius 1 is 1.10 bits per heavy atom. The molecule has 0 saturated heterocycles. The van der Waals surface area contributed by atoms with Crippen molar-refractivity contribution in [3.8, 4) is 0 Å². The van der Waals surface area contributed by atoms with Crippen molar-refractivity contribution >= 4 is 17.5 Å². The van der Waals surface area contributed by atoms with E-state index in [2.05, 4.69) is 0 Å². The van der Waals surface area contributed by atoms with Gasteiger partial charge in [0.25, 0.3) is 0 Å². The number of rotatable bonds is 6. The molecule has 1 rings (SSSR count). The average Bonchev–Trinajstić information content (AvgIpc) is 2.35. The molecule has 1 aromatic rings. The highest BCUT2D eigenvalue weighted by Gasteiger charge is 2.33. The second-order valence-electron chi connectivity index (χ2n) is 4.33. The molecule has 0 spiro atoms. The van der Waals surface area contributed by atoms with Gasteiger partial charge >= 0.3 is 6.18 Å². The van der Waals surface area contributed by atoms with Crippen molar-refractivity contribution in [2.75, 3.05) is 18.0 Å². The molecular weight excluding hydrogens is 289 g/mol. The minimum absolute atomic E-state index is 0.154. The minimum atomic E-state index is -4.54. The molecule has 0 atom stereocenters. The third kappa shape index (κ3) is 4.63. The Hall–Kier alpha value is -2.29. The van der Waals surface area contributed by atoms with Crippen molar-refractivity contribution in [3.63, 3.8) is 0 Å². The molecule has 2 amide bonds. The number of hydrogen-bond acceptors (Lipinski definition) is 4. The van der Waals surface area contributed by atoms with E-state index in [0.717, 1.165) is 18.2 Å². The summed E-state index contributed by atoms with van der Waals surface area (Å²) in [6, 6.07) is 3.13. The molecule has 0 saturated carbocycles. The first-order chi connectivity index (χ1) is 9.65. The van der Waals surface area contributed by atoms with Crippen LogP contribution < -0.4 is 22.1 Å². The van der Waals surface area contributed by atoms with Crippen molar-refractivity contribution < 1.29 is 22.8 Å². The van der Waals surface area contributed by atoms with Crippen molar-refractivity contribution in [2.24, 2.45) is 17.2 Å². The van der Waals surface area contributed by atoms with Crippen LogP contribution in [-0.2, 0) is 22.3 Å². The van der Waals surface area contributed by atoms with E-state index in [-0.39, 0.29) is 30.9 Å². The van der Waals surface area contributed by atoms with Gasteiger partial charge in [0.2, 0.25) is 11.8 Å². The van der Waals surface area contributed by atoms with Gasteiger partial charge < -0.3 is 22.1 Å². The number of nitrogens with zero attached hydrogens (tertiary/aromatic N) is 1. The van der Waals surface area contributed by atoms with Crippen LogP contribution in [-0.4, -0.2) is 24.9 Å². The second-order valence-corrected chi connectivity index (χ2v) is 4.33. The molecule has 6 N–H and O–H groups in total. The fraction of sp³-hybridized carbons (Fsp3) is 0.333. The maximum absolute atomic E-state index is 12.8. The van der Waals surface area contributed by atoms with Crippen LogP contribution in [0.4, 0.5) is 18.9 Å². The summed E-state index contributed by atoms with van der Waals surface area (Å²) >= 11 is 0. The van der Waals surface area contributed by atoms with Gasteiger partial charge in [-0.25, -0.2) is 0 Å². The lowest BCUT2D eigenvalue weighted by atomic mass is 10.1. The summed E-state index contributed by atoms with van der Waals surface area (Å²) in [6.45, 7) is -1.04. The Balaban J connectivity index is 3.21. The Morgan fingerprint density at radius 2 is 1.62 bits per heavy atom. The van der Waals surface area contributed by atoms with Crippen LogP contribution in [0.25, 0.3) is 0 Å². The Morgan fingerprint density at radius 3 is 2.00 bits per heavy atom. The number of anilines is 1. The van der Waals surface area contributed by atoms with E-state index in [4.69, 9.17) is 17.2 Å². The first kappa shape index (κ1) is 16.8. The van der Waals surface area contributed by atoms with Crippen LogP contribution in [0, 0.1) is 0 Å². The molecule has 1 aromatic carbocycles. The maximum Gasteiger partial charge on any atom is 0.416 e. The summed E-state index contributed by atoms with van der Waals surface area (Å²) in [5, 5.41) is 0. The zero-order valence-corrected chi connectivity index (χ0v) is 11.0. The fourth-order valence-corrected chi connectivity index (χ4v) is 1.84. The SMILES string of the molecule is NCc1cc(N(CC(N)=O)CC(N)=O)ccc1C(F)(F)F. The highest BCUT2D eigenvalue weighted by atomic mass is 19.4. The Labute approximate surface area is 118 Å². The van der Waals surface area contributed by atoms with Crippen molar-refractivity contribution in [2.45, 2.75) is 12.7 Å². The molecule has 0 aromatic heterocycles. The quantitative estimate of drug-likeness (QED) is 0.683. The number of alkyl halides is 3. The standard InChI is InChI=1S/C12H15F3N4O2/c13-12(14,15)9-2-1-8(3-7(9)4-16)19(5-10(17)20)6-11(18)21/h1-3H,4-6,16H2,(H2,17,20)(H2,18,21). The molecule has 0 aliphatic heterocycles. The Kier molecular flexibility index (Phi) is 5.14. The molecule has 0 aliphatic rings. The van der Waals surface area contributed by atoms with E-state index < -0.39 is 23.6 Å². The molecular formula is C12H15F3N4O2. The van der Waals surface area contributed by atoms with Gasteiger partial charge in [0.05, 0.1) is 18.7 Å². The van der Waals surface area contributed by atoms with Gasteiger partial charge in [-0.3, -0.25) is 9.59 Å². The minimum Gasteiger partial charge on any atom is -0.368 e. The van der Waals surface area contributed by atoms with Crippen LogP contribution in [0.3, 0.4) is 0 Å². The van der Waals surface area contributed by atoms with Crippen LogP contribution in [0.2, 0.25) is 0 Å². The first-order valence-electron chi connectivity index (χ1n) is 5.87. The summed E-state index contributed by atoms with van der Waals surface area (Å²) in [6.07, 6.45) is -4.54. The number of carbonyl (C=O) groups is 2. The number of nitrogens with two attached hydrogens (primary N) is 3. The number of hydrogen-bond donors (Lipinski definition) is 3. The molecule has 0 radical (unpaired) electrons. The summed E-state index contributed by atoms with van der Waals surface area (Å²) in [4.78, 5) is 23.1.